The predicted molar refractivity (Wildman–Crippen MR) is 115 cm³/mol. The lowest BCUT2D eigenvalue weighted by Crippen LogP contribution is -2.43. The molecule has 1 aromatic heterocycles. The number of nitrogens with two attached hydrogens (primary N) is 1. The summed E-state index contributed by atoms with van der Waals surface area (Å²) < 4.78 is 34.0. The second-order valence-electron chi connectivity index (χ2n) is 7.69. The monoisotopic (exact) mass is 448 g/mol. The van der Waals surface area contributed by atoms with E-state index >= 15 is 0 Å². The average Bonchev–Trinajstić information content (AvgIpc) is 3.16. The summed E-state index contributed by atoms with van der Waals surface area (Å²) in [6.45, 7) is 2.34. The molecule has 1 fully saturated rings. The molecule has 1 atom stereocenters. The largest absolute Gasteiger partial charge is 0.496 e. The van der Waals surface area contributed by atoms with Crippen molar-refractivity contribution >= 4 is 21.8 Å². The van der Waals surface area contributed by atoms with Crippen LogP contribution in [0.25, 0.3) is 0 Å². The average molecular weight is 449 g/mol. The van der Waals surface area contributed by atoms with Crippen molar-refractivity contribution in [3.63, 3.8) is 0 Å². The zero-order valence-electron chi connectivity index (χ0n) is 17.9. The van der Waals surface area contributed by atoms with Gasteiger partial charge in [-0.25, -0.2) is 8.42 Å². The van der Waals surface area contributed by atoms with Crippen LogP contribution in [0, 0.1) is 5.92 Å². The number of rotatable bonds is 7. The summed E-state index contributed by atoms with van der Waals surface area (Å²) in [7, 11) is -0.611. The van der Waals surface area contributed by atoms with Crippen LogP contribution in [0.5, 0.6) is 5.75 Å². The molecule has 2 heterocycles. The highest BCUT2D eigenvalue weighted by molar-refractivity contribution is 7.89. The van der Waals surface area contributed by atoms with E-state index in [1.54, 1.807) is 14.2 Å². The van der Waals surface area contributed by atoms with E-state index in [4.69, 9.17) is 10.5 Å². The Morgan fingerprint density at radius 2 is 1.87 bits per heavy atom. The maximum Gasteiger partial charge on any atom is 0.265 e. The van der Waals surface area contributed by atoms with Crippen LogP contribution in [-0.2, 0) is 21.9 Å². The van der Waals surface area contributed by atoms with E-state index in [9.17, 15) is 18.0 Å². The molecule has 2 aromatic rings. The van der Waals surface area contributed by atoms with Gasteiger partial charge >= 0.3 is 0 Å². The molecule has 3 N–H and O–H groups in total. The molecular weight excluding hydrogens is 420 g/mol. The van der Waals surface area contributed by atoms with E-state index in [2.05, 4.69) is 5.32 Å². The maximum absolute atomic E-state index is 12.9. The fourth-order valence-corrected chi connectivity index (χ4v) is 5.40. The first-order valence-electron chi connectivity index (χ1n) is 10.0. The predicted octanol–water partition coefficient (Wildman–Crippen LogP) is 1.41. The molecule has 168 valence electrons. The number of hydrogen-bond donors (Lipinski definition) is 2. The van der Waals surface area contributed by atoms with Gasteiger partial charge in [-0.1, -0.05) is 18.2 Å². The number of aromatic nitrogens is 1. The number of hydrogen-bond acceptors (Lipinski definition) is 5. The number of nitrogens with zero attached hydrogens (tertiary/aromatic N) is 2. The van der Waals surface area contributed by atoms with Crippen LogP contribution in [-0.4, -0.2) is 49.3 Å². The number of para-hydroxylation sites is 1. The molecule has 9 nitrogen and oxygen atoms in total. The number of benzene rings is 1. The van der Waals surface area contributed by atoms with Crippen molar-refractivity contribution in [2.75, 3.05) is 20.2 Å². The summed E-state index contributed by atoms with van der Waals surface area (Å²) >= 11 is 0. The van der Waals surface area contributed by atoms with Gasteiger partial charge in [0, 0.05) is 37.8 Å². The van der Waals surface area contributed by atoms with Gasteiger partial charge in [0.15, 0.2) is 0 Å². The van der Waals surface area contributed by atoms with Gasteiger partial charge < -0.3 is 20.4 Å². The molecule has 10 heteroatoms. The Hall–Kier alpha value is -2.85. The lowest BCUT2D eigenvalue weighted by molar-refractivity contribution is -0.126. The van der Waals surface area contributed by atoms with Gasteiger partial charge in [0.2, 0.25) is 15.9 Å². The fourth-order valence-electron chi connectivity index (χ4n) is 3.86. The third-order valence-corrected chi connectivity index (χ3v) is 7.52. The number of carbonyl (C=O) groups excluding carboxylic acids is 2. The minimum Gasteiger partial charge on any atom is -0.496 e. The lowest BCUT2D eigenvalue weighted by Gasteiger charge is -2.31. The molecule has 0 radical (unpaired) electrons. The highest BCUT2D eigenvalue weighted by atomic mass is 32.2. The molecule has 0 unspecified atom stereocenters. The molecule has 1 aliphatic rings. The first-order valence-corrected chi connectivity index (χ1v) is 11.5. The number of nitrogens with one attached hydrogen (secondary N) is 1. The van der Waals surface area contributed by atoms with Crippen LogP contribution in [0.3, 0.4) is 0 Å². The highest BCUT2D eigenvalue weighted by Crippen LogP contribution is 2.27. The molecule has 2 amide bonds. The number of methoxy groups -OCH3 is 1. The molecule has 3 rings (SSSR count). The molecular formula is C21H28N4O5S. The number of amides is 2. The summed E-state index contributed by atoms with van der Waals surface area (Å²) in [6, 6.07) is 8.55. The fraction of sp³-hybridized carbons (Fsp3) is 0.429. The van der Waals surface area contributed by atoms with Crippen molar-refractivity contribution in [3.8, 4) is 5.75 Å². The van der Waals surface area contributed by atoms with Gasteiger partial charge in [-0.3, -0.25) is 9.59 Å². The van der Waals surface area contributed by atoms with Crippen LogP contribution >= 0.6 is 0 Å². The second-order valence-corrected chi connectivity index (χ2v) is 9.62. The Bertz CT molecular complexity index is 1070. The zero-order valence-corrected chi connectivity index (χ0v) is 18.7. The quantitative estimate of drug-likeness (QED) is 0.663. The number of carbonyl (C=O) groups is 2. The molecule has 0 bridgehead atoms. The Kier molecular flexibility index (Phi) is 6.71. The van der Waals surface area contributed by atoms with E-state index in [0.717, 1.165) is 5.56 Å². The van der Waals surface area contributed by atoms with Crippen LogP contribution in [0.4, 0.5) is 0 Å². The molecule has 1 saturated heterocycles. The number of aryl methyl sites for hydroxylation is 1. The normalized spacial score (nSPS) is 16.6. The molecule has 0 aliphatic carbocycles. The second kappa shape index (κ2) is 9.11. The minimum atomic E-state index is -3.76. The van der Waals surface area contributed by atoms with Crippen molar-refractivity contribution in [2.45, 2.75) is 30.7 Å². The standard InChI is InChI=1S/C21H28N4O5S/c1-14(17-6-4-5-7-19(17)30-3)23-21(27)15-8-10-25(11-9-15)31(28,29)16-12-18(20(22)26)24(2)13-16/h4-7,12-15H,8-11H2,1-3H3,(H2,22,26)(H,23,27)/t14-/m0/s1. The topological polar surface area (TPSA) is 124 Å². The van der Waals surface area contributed by atoms with Crippen LogP contribution in [0.1, 0.15) is 41.9 Å². The third kappa shape index (κ3) is 4.75. The van der Waals surface area contributed by atoms with Gasteiger partial charge in [0.05, 0.1) is 13.2 Å². The van der Waals surface area contributed by atoms with Crippen LogP contribution in [0.15, 0.2) is 41.4 Å². The van der Waals surface area contributed by atoms with E-state index in [-0.39, 0.29) is 41.5 Å². The summed E-state index contributed by atoms with van der Waals surface area (Å²) in [4.78, 5) is 24.2. The van der Waals surface area contributed by atoms with Gasteiger partial charge in [0.25, 0.3) is 5.91 Å². The molecule has 1 aromatic carbocycles. The zero-order chi connectivity index (χ0) is 22.8. The summed E-state index contributed by atoms with van der Waals surface area (Å²) in [5.41, 5.74) is 6.29. The molecule has 0 saturated carbocycles. The van der Waals surface area contributed by atoms with Crippen molar-refractivity contribution in [2.24, 2.45) is 18.7 Å². The van der Waals surface area contributed by atoms with Crippen molar-refractivity contribution in [1.82, 2.24) is 14.2 Å². The van der Waals surface area contributed by atoms with Crippen molar-refractivity contribution < 1.29 is 22.7 Å². The summed E-state index contributed by atoms with van der Waals surface area (Å²) in [5.74, 6) is -0.371. The minimum absolute atomic E-state index is 0.0245. The van der Waals surface area contributed by atoms with Gasteiger partial charge in [0.1, 0.15) is 16.3 Å². The Labute approximate surface area is 182 Å². The lowest BCUT2D eigenvalue weighted by atomic mass is 9.96. The summed E-state index contributed by atoms with van der Waals surface area (Å²) in [5, 5.41) is 3.01. The van der Waals surface area contributed by atoms with Crippen LogP contribution in [0.2, 0.25) is 0 Å². The smallest absolute Gasteiger partial charge is 0.265 e. The Balaban J connectivity index is 1.63. The number of ether oxygens (including phenoxy) is 1. The van der Waals surface area contributed by atoms with Crippen molar-refractivity contribution in [1.29, 1.82) is 0 Å². The van der Waals surface area contributed by atoms with E-state index in [1.165, 1.54) is 21.1 Å². The SMILES string of the molecule is COc1ccccc1[C@H](C)NC(=O)C1CCN(S(=O)(=O)c2cc(C(N)=O)n(C)c2)CC1. The molecule has 31 heavy (non-hydrogen) atoms. The third-order valence-electron chi connectivity index (χ3n) is 5.66. The Morgan fingerprint density at radius 3 is 2.45 bits per heavy atom. The van der Waals surface area contributed by atoms with Crippen LogP contribution < -0.4 is 15.8 Å². The first kappa shape index (κ1) is 22.8. The van der Waals surface area contributed by atoms with E-state index < -0.39 is 15.9 Å². The first-order chi connectivity index (χ1) is 14.6. The van der Waals surface area contributed by atoms with E-state index in [0.29, 0.717) is 18.6 Å². The van der Waals surface area contributed by atoms with Gasteiger partial charge in [-0.05, 0) is 31.9 Å². The number of piperidine rings is 1. The van der Waals surface area contributed by atoms with Crippen molar-refractivity contribution in [3.05, 3.63) is 47.8 Å². The molecule has 0 spiro atoms. The Morgan fingerprint density at radius 1 is 1.23 bits per heavy atom. The number of sulfonamides is 1. The van der Waals surface area contributed by atoms with Gasteiger partial charge in [-0.15, -0.1) is 0 Å². The maximum atomic E-state index is 12.9. The van der Waals surface area contributed by atoms with E-state index in [1.807, 2.05) is 31.2 Å². The molecule has 1 aliphatic heterocycles. The van der Waals surface area contributed by atoms with Gasteiger partial charge in [-0.2, -0.15) is 4.31 Å². The summed E-state index contributed by atoms with van der Waals surface area (Å²) in [6.07, 6.45) is 2.21. The highest BCUT2D eigenvalue weighted by Gasteiger charge is 2.33. The number of primary amides is 1.